The van der Waals surface area contributed by atoms with Gasteiger partial charge in [-0.05, 0) is 30.7 Å². The minimum absolute atomic E-state index is 0.119. The highest BCUT2D eigenvalue weighted by molar-refractivity contribution is 6.68. The largest absolute Gasteiger partial charge is 0.359 e. The first-order chi connectivity index (χ1) is 10.8. The molecule has 0 heterocycles. The molecule has 0 spiro atoms. The molecule has 0 aliphatic rings. The van der Waals surface area contributed by atoms with Gasteiger partial charge in [0.05, 0.1) is 5.69 Å². The third-order valence-electron chi connectivity index (χ3n) is 3.17. The van der Waals surface area contributed by atoms with Crippen molar-refractivity contribution in [3.05, 3.63) is 65.5 Å². The van der Waals surface area contributed by atoms with E-state index in [9.17, 15) is 9.18 Å². The summed E-state index contributed by atoms with van der Waals surface area (Å²) < 4.78 is 11.9. The van der Waals surface area contributed by atoms with Crippen molar-refractivity contribution in [1.82, 2.24) is 5.32 Å². The van der Waals surface area contributed by atoms with Crippen LogP contribution in [0.5, 0.6) is 0 Å². The van der Waals surface area contributed by atoms with Crippen LogP contribution in [0.2, 0.25) is 0 Å². The molecule has 0 radical (unpaired) electrons. The smallest absolute Gasteiger partial charge is 0.253 e. The van der Waals surface area contributed by atoms with Crippen molar-refractivity contribution >= 4 is 46.4 Å². The molecule has 2 aromatic rings. The third-order valence-corrected chi connectivity index (χ3v) is 3.82. The molecule has 0 aliphatic carbocycles. The van der Waals surface area contributed by atoms with Gasteiger partial charge in [-0.25, -0.2) is 4.39 Å². The minimum Gasteiger partial charge on any atom is -0.359 e. The topological polar surface area (TPSA) is 41.1 Å². The number of amides is 1. The zero-order valence-electron chi connectivity index (χ0n) is 12.1. The van der Waals surface area contributed by atoms with Gasteiger partial charge in [0, 0.05) is 5.56 Å². The van der Waals surface area contributed by atoms with E-state index in [1.165, 1.54) is 18.2 Å². The highest BCUT2D eigenvalue weighted by atomic mass is 35.6. The molecular weight excluding hydrogens is 362 g/mol. The number of hydrogen-bond donors (Lipinski definition) is 2. The summed E-state index contributed by atoms with van der Waals surface area (Å²) in [6.45, 7) is 1.80. The fourth-order valence-electron chi connectivity index (χ4n) is 1.97. The second-order valence-corrected chi connectivity index (χ2v) is 7.26. The molecule has 7 heteroatoms. The lowest BCUT2D eigenvalue weighted by Crippen LogP contribution is -2.49. The van der Waals surface area contributed by atoms with Gasteiger partial charge in [0.15, 0.2) is 0 Å². The summed E-state index contributed by atoms with van der Waals surface area (Å²) in [5.41, 5.74) is 1.34. The van der Waals surface area contributed by atoms with E-state index in [0.29, 0.717) is 5.56 Å². The Balaban J connectivity index is 2.22. The summed E-state index contributed by atoms with van der Waals surface area (Å²) in [6.07, 6.45) is -1.11. The van der Waals surface area contributed by atoms with Crippen LogP contribution in [0.1, 0.15) is 15.9 Å². The van der Waals surface area contributed by atoms with Crippen LogP contribution >= 0.6 is 34.8 Å². The van der Waals surface area contributed by atoms with Crippen molar-refractivity contribution in [2.45, 2.75) is 16.9 Å². The Hall–Kier alpha value is -1.49. The van der Waals surface area contributed by atoms with Crippen molar-refractivity contribution in [3.8, 4) is 0 Å². The van der Waals surface area contributed by atoms with Crippen LogP contribution in [0.3, 0.4) is 0 Å². The van der Waals surface area contributed by atoms with Crippen molar-refractivity contribution in [3.63, 3.8) is 0 Å². The summed E-state index contributed by atoms with van der Waals surface area (Å²) in [5.74, 6) is -0.944. The van der Waals surface area contributed by atoms with Gasteiger partial charge in [-0.1, -0.05) is 65.1 Å². The number of benzene rings is 2. The van der Waals surface area contributed by atoms with Gasteiger partial charge >= 0.3 is 0 Å². The molecule has 0 saturated carbocycles. The van der Waals surface area contributed by atoms with Crippen LogP contribution in [0.25, 0.3) is 0 Å². The highest BCUT2D eigenvalue weighted by Gasteiger charge is 2.34. The van der Waals surface area contributed by atoms with E-state index in [-0.39, 0.29) is 5.69 Å². The standard InChI is InChI=1S/C16H14Cl3FN2O/c1-10-6-2-3-7-11(10)14(23)22-15(16(17,18)19)21-13-9-5-4-8-12(13)20/h2-9,15,21H,1H3,(H,22,23)/t15-/m1/s1. The average Bonchev–Trinajstić information content (AvgIpc) is 2.48. The SMILES string of the molecule is Cc1ccccc1C(=O)N[C@@H](Nc1ccccc1F)C(Cl)(Cl)Cl. The lowest BCUT2D eigenvalue weighted by Gasteiger charge is -2.27. The van der Waals surface area contributed by atoms with E-state index in [1.807, 2.05) is 6.07 Å². The van der Waals surface area contributed by atoms with Crippen LogP contribution in [0.15, 0.2) is 48.5 Å². The monoisotopic (exact) mass is 374 g/mol. The minimum atomic E-state index is -1.87. The van der Waals surface area contributed by atoms with E-state index < -0.39 is 21.7 Å². The van der Waals surface area contributed by atoms with Crippen LogP contribution < -0.4 is 10.6 Å². The highest BCUT2D eigenvalue weighted by Crippen LogP contribution is 2.31. The van der Waals surface area contributed by atoms with Crippen LogP contribution in [-0.2, 0) is 0 Å². The maximum atomic E-state index is 13.8. The maximum absolute atomic E-state index is 13.8. The zero-order valence-corrected chi connectivity index (χ0v) is 14.4. The number of alkyl halides is 3. The summed E-state index contributed by atoms with van der Waals surface area (Å²) in [5, 5.41) is 5.28. The summed E-state index contributed by atoms with van der Waals surface area (Å²) in [6, 6.07) is 12.9. The van der Waals surface area contributed by atoms with Crippen molar-refractivity contribution in [2.75, 3.05) is 5.32 Å². The Bertz CT molecular complexity index is 704. The van der Waals surface area contributed by atoms with Gasteiger partial charge in [0.1, 0.15) is 12.0 Å². The molecule has 23 heavy (non-hydrogen) atoms. The number of nitrogens with one attached hydrogen (secondary N) is 2. The fraction of sp³-hybridized carbons (Fsp3) is 0.188. The number of para-hydroxylation sites is 1. The molecular formula is C16H14Cl3FN2O. The predicted molar refractivity (Wildman–Crippen MR) is 92.7 cm³/mol. The molecule has 1 atom stereocenters. The van der Waals surface area contributed by atoms with Crippen molar-refractivity contribution in [1.29, 1.82) is 0 Å². The maximum Gasteiger partial charge on any atom is 0.253 e. The molecule has 2 N–H and O–H groups in total. The van der Waals surface area contributed by atoms with Gasteiger partial charge in [-0.2, -0.15) is 0 Å². The van der Waals surface area contributed by atoms with E-state index in [0.717, 1.165) is 5.56 Å². The Morgan fingerprint density at radius 3 is 2.30 bits per heavy atom. The van der Waals surface area contributed by atoms with E-state index in [4.69, 9.17) is 34.8 Å². The lowest BCUT2D eigenvalue weighted by molar-refractivity contribution is 0.0941. The van der Waals surface area contributed by atoms with E-state index >= 15 is 0 Å². The van der Waals surface area contributed by atoms with Gasteiger partial charge in [0.2, 0.25) is 3.79 Å². The summed E-state index contributed by atoms with van der Waals surface area (Å²) in [4.78, 5) is 12.4. The number of carbonyl (C=O) groups is 1. The Labute approximate surface area is 148 Å². The van der Waals surface area contributed by atoms with Crippen LogP contribution in [-0.4, -0.2) is 15.9 Å². The van der Waals surface area contributed by atoms with Gasteiger partial charge < -0.3 is 10.6 Å². The molecule has 3 nitrogen and oxygen atoms in total. The van der Waals surface area contributed by atoms with Crippen LogP contribution in [0.4, 0.5) is 10.1 Å². The molecule has 0 saturated heterocycles. The van der Waals surface area contributed by atoms with Crippen molar-refractivity contribution < 1.29 is 9.18 Å². The Morgan fingerprint density at radius 2 is 1.70 bits per heavy atom. The molecule has 122 valence electrons. The Kier molecular flexibility index (Phi) is 5.74. The van der Waals surface area contributed by atoms with Gasteiger partial charge in [-0.3, -0.25) is 4.79 Å². The third kappa shape index (κ3) is 4.74. The zero-order chi connectivity index (χ0) is 17.0. The molecule has 0 bridgehead atoms. The second kappa shape index (κ2) is 7.39. The van der Waals surface area contributed by atoms with Crippen LogP contribution in [0, 0.1) is 12.7 Å². The molecule has 0 fully saturated rings. The number of anilines is 1. The van der Waals surface area contributed by atoms with E-state index in [1.54, 1.807) is 31.2 Å². The second-order valence-electron chi connectivity index (χ2n) is 4.89. The number of carbonyl (C=O) groups excluding carboxylic acids is 1. The first kappa shape index (κ1) is 17.9. The molecule has 0 aliphatic heterocycles. The first-order valence-corrected chi connectivity index (χ1v) is 7.86. The number of aryl methyl sites for hydroxylation is 1. The number of hydrogen-bond acceptors (Lipinski definition) is 2. The molecule has 2 rings (SSSR count). The molecule has 0 aromatic heterocycles. The Morgan fingerprint density at radius 1 is 1.09 bits per heavy atom. The molecule has 2 aromatic carbocycles. The quantitative estimate of drug-likeness (QED) is 0.602. The average molecular weight is 376 g/mol. The normalized spacial score (nSPS) is 12.6. The van der Waals surface area contributed by atoms with Crippen molar-refractivity contribution in [2.24, 2.45) is 0 Å². The summed E-state index contributed by atoms with van der Waals surface area (Å²) in [7, 11) is 0. The number of halogens is 4. The summed E-state index contributed by atoms with van der Waals surface area (Å²) >= 11 is 17.7. The van der Waals surface area contributed by atoms with E-state index in [2.05, 4.69) is 10.6 Å². The fourth-order valence-corrected chi connectivity index (χ4v) is 2.30. The van der Waals surface area contributed by atoms with Gasteiger partial charge in [-0.15, -0.1) is 0 Å². The predicted octanol–water partition coefficient (Wildman–Crippen LogP) is 4.67. The lowest BCUT2D eigenvalue weighted by atomic mass is 10.1. The molecule has 0 unspecified atom stereocenters. The first-order valence-electron chi connectivity index (χ1n) is 6.73. The number of rotatable bonds is 4. The van der Waals surface area contributed by atoms with Gasteiger partial charge in [0.25, 0.3) is 5.91 Å². The molecule has 1 amide bonds.